The fourth-order valence-corrected chi connectivity index (χ4v) is 2.59. The number of hydrogen-bond donors (Lipinski definition) is 1. The fourth-order valence-electron chi connectivity index (χ4n) is 2.59. The van der Waals surface area contributed by atoms with E-state index in [0.29, 0.717) is 12.5 Å². The Balaban J connectivity index is 1.85. The highest BCUT2D eigenvalue weighted by Gasteiger charge is 2.09. The Hall–Kier alpha value is -2.16. The molecule has 0 aliphatic heterocycles. The van der Waals surface area contributed by atoms with Crippen LogP contribution in [0.4, 0.5) is 5.69 Å². The molecule has 3 heteroatoms. The molecule has 3 nitrogen and oxygen atoms in total. The zero-order valence-corrected chi connectivity index (χ0v) is 15.9. The molecule has 0 aliphatic rings. The van der Waals surface area contributed by atoms with Crippen LogP contribution in [0, 0.1) is 0 Å². The first-order valence-corrected chi connectivity index (χ1v) is 9.36. The second-order valence-electron chi connectivity index (χ2n) is 6.49. The second kappa shape index (κ2) is 9.97. The van der Waals surface area contributed by atoms with Gasteiger partial charge in [0.25, 0.3) is 0 Å². The van der Waals surface area contributed by atoms with Crippen molar-refractivity contribution in [2.45, 2.75) is 52.6 Å². The molecule has 2 aromatic carbocycles. The minimum atomic E-state index is 0.232. The zero-order chi connectivity index (χ0) is 18.1. The van der Waals surface area contributed by atoms with E-state index >= 15 is 0 Å². The average Bonchev–Trinajstić information content (AvgIpc) is 2.65. The standard InChI is InChI=1S/C22H31NO2/c1-5-17(3)21-12-7-8-13-22(21)24-15-14-23-19-10-9-11-20(16-19)25-18(4)6-2/h7-13,16-18,23H,5-6,14-15H2,1-4H3/t17-,18-/m0/s1. The lowest BCUT2D eigenvalue weighted by Gasteiger charge is -2.16. The van der Waals surface area contributed by atoms with Crippen LogP contribution >= 0.6 is 0 Å². The van der Waals surface area contributed by atoms with Crippen LogP contribution in [0.15, 0.2) is 48.5 Å². The number of ether oxygens (including phenoxy) is 2. The summed E-state index contributed by atoms with van der Waals surface area (Å²) >= 11 is 0. The second-order valence-corrected chi connectivity index (χ2v) is 6.49. The molecular formula is C22H31NO2. The van der Waals surface area contributed by atoms with Crippen LogP contribution in [0.1, 0.15) is 52.0 Å². The first-order valence-electron chi connectivity index (χ1n) is 9.36. The minimum absolute atomic E-state index is 0.232. The number of para-hydroxylation sites is 1. The van der Waals surface area contributed by atoms with Crippen LogP contribution in [0.2, 0.25) is 0 Å². The summed E-state index contributed by atoms with van der Waals surface area (Å²) < 4.78 is 11.9. The van der Waals surface area contributed by atoms with Gasteiger partial charge in [0.1, 0.15) is 18.1 Å². The van der Waals surface area contributed by atoms with E-state index < -0.39 is 0 Å². The van der Waals surface area contributed by atoms with Gasteiger partial charge in [-0.2, -0.15) is 0 Å². The molecule has 0 aliphatic carbocycles. The monoisotopic (exact) mass is 341 g/mol. The summed E-state index contributed by atoms with van der Waals surface area (Å²) in [4.78, 5) is 0. The molecule has 0 aromatic heterocycles. The normalized spacial score (nSPS) is 13.1. The van der Waals surface area contributed by atoms with Crippen molar-refractivity contribution in [1.29, 1.82) is 0 Å². The predicted octanol–water partition coefficient (Wildman–Crippen LogP) is 5.87. The number of anilines is 1. The van der Waals surface area contributed by atoms with Gasteiger partial charge in [0, 0.05) is 18.3 Å². The van der Waals surface area contributed by atoms with Crippen LogP contribution in [-0.2, 0) is 0 Å². The van der Waals surface area contributed by atoms with Crippen molar-refractivity contribution in [3.05, 3.63) is 54.1 Å². The fraction of sp³-hybridized carbons (Fsp3) is 0.455. The first-order chi connectivity index (χ1) is 12.1. The SMILES string of the molecule is CC[C@H](C)Oc1cccc(NCCOc2ccccc2[C@@H](C)CC)c1. The van der Waals surface area contributed by atoms with Gasteiger partial charge in [-0.1, -0.05) is 45.0 Å². The third-order valence-electron chi connectivity index (χ3n) is 4.50. The van der Waals surface area contributed by atoms with Gasteiger partial charge in [-0.15, -0.1) is 0 Å². The van der Waals surface area contributed by atoms with E-state index in [1.165, 1.54) is 5.56 Å². The molecule has 25 heavy (non-hydrogen) atoms. The van der Waals surface area contributed by atoms with Gasteiger partial charge in [0.05, 0.1) is 6.10 Å². The molecule has 2 aromatic rings. The van der Waals surface area contributed by atoms with Gasteiger partial charge in [0.15, 0.2) is 0 Å². The summed E-state index contributed by atoms with van der Waals surface area (Å²) in [5.74, 6) is 2.41. The molecular weight excluding hydrogens is 310 g/mol. The molecule has 2 atom stereocenters. The molecule has 0 bridgehead atoms. The van der Waals surface area contributed by atoms with Gasteiger partial charge in [-0.05, 0) is 49.4 Å². The van der Waals surface area contributed by atoms with Crippen molar-refractivity contribution in [2.75, 3.05) is 18.5 Å². The number of rotatable bonds is 10. The van der Waals surface area contributed by atoms with Gasteiger partial charge in [-0.3, -0.25) is 0 Å². The van der Waals surface area contributed by atoms with Gasteiger partial charge >= 0.3 is 0 Å². The van der Waals surface area contributed by atoms with Crippen LogP contribution in [-0.4, -0.2) is 19.3 Å². The third kappa shape index (κ3) is 6.00. The van der Waals surface area contributed by atoms with Gasteiger partial charge < -0.3 is 14.8 Å². The lowest BCUT2D eigenvalue weighted by molar-refractivity contribution is 0.217. The average molecular weight is 341 g/mol. The number of hydrogen-bond acceptors (Lipinski definition) is 3. The first kappa shape index (κ1) is 19.2. The summed E-state index contributed by atoms with van der Waals surface area (Å²) in [6, 6.07) is 16.4. The van der Waals surface area contributed by atoms with E-state index in [-0.39, 0.29) is 6.10 Å². The molecule has 0 fully saturated rings. The summed E-state index contributed by atoms with van der Waals surface area (Å²) in [7, 11) is 0. The Bertz CT molecular complexity index is 641. The summed E-state index contributed by atoms with van der Waals surface area (Å²) in [6.07, 6.45) is 2.35. The predicted molar refractivity (Wildman–Crippen MR) is 106 cm³/mol. The van der Waals surface area contributed by atoms with E-state index in [2.05, 4.69) is 57.3 Å². The lowest BCUT2D eigenvalue weighted by Crippen LogP contribution is -2.13. The van der Waals surface area contributed by atoms with Crippen molar-refractivity contribution in [1.82, 2.24) is 0 Å². The van der Waals surface area contributed by atoms with E-state index in [0.717, 1.165) is 36.6 Å². The molecule has 0 spiro atoms. The maximum Gasteiger partial charge on any atom is 0.122 e. The maximum absolute atomic E-state index is 6.00. The van der Waals surface area contributed by atoms with E-state index in [1.54, 1.807) is 0 Å². The van der Waals surface area contributed by atoms with E-state index in [1.807, 2.05) is 24.3 Å². The highest BCUT2D eigenvalue weighted by Crippen LogP contribution is 2.28. The third-order valence-corrected chi connectivity index (χ3v) is 4.50. The zero-order valence-electron chi connectivity index (χ0n) is 15.9. The topological polar surface area (TPSA) is 30.5 Å². The van der Waals surface area contributed by atoms with Crippen molar-refractivity contribution >= 4 is 5.69 Å². The highest BCUT2D eigenvalue weighted by atomic mass is 16.5. The molecule has 136 valence electrons. The van der Waals surface area contributed by atoms with E-state index in [9.17, 15) is 0 Å². The minimum Gasteiger partial charge on any atom is -0.491 e. The number of benzene rings is 2. The summed E-state index contributed by atoms with van der Waals surface area (Å²) in [5, 5.41) is 3.40. The molecule has 0 amide bonds. The smallest absolute Gasteiger partial charge is 0.122 e. The van der Waals surface area contributed by atoms with Gasteiger partial charge in [-0.25, -0.2) is 0 Å². The molecule has 1 N–H and O–H groups in total. The van der Waals surface area contributed by atoms with Crippen LogP contribution < -0.4 is 14.8 Å². The van der Waals surface area contributed by atoms with Crippen molar-refractivity contribution in [3.63, 3.8) is 0 Å². The van der Waals surface area contributed by atoms with Crippen molar-refractivity contribution in [3.8, 4) is 11.5 Å². The molecule has 0 radical (unpaired) electrons. The summed E-state index contributed by atoms with van der Waals surface area (Å²) in [5.41, 5.74) is 2.34. The van der Waals surface area contributed by atoms with Crippen molar-refractivity contribution < 1.29 is 9.47 Å². The quantitative estimate of drug-likeness (QED) is 0.548. The van der Waals surface area contributed by atoms with Crippen LogP contribution in [0.25, 0.3) is 0 Å². The molecule has 2 rings (SSSR count). The molecule has 0 saturated carbocycles. The lowest BCUT2D eigenvalue weighted by atomic mass is 9.98. The molecule has 0 heterocycles. The molecule has 0 unspecified atom stereocenters. The molecule has 0 saturated heterocycles. The van der Waals surface area contributed by atoms with Crippen LogP contribution in [0.3, 0.4) is 0 Å². The van der Waals surface area contributed by atoms with E-state index in [4.69, 9.17) is 9.47 Å². The maximum atomic E-state index is 6.00. The Morgan fingerprint density at radius 2 is 1.76 bits per heavy atom. The van der Waals surface area contributed by atoms with Gasteiger partial charge in [0.2, 0.25) is 0 Å². The Kier molecular flexibility index (Phi) is 7.65. The Labute approximate surface area is 152 Å². The Morgan fingerprint density at radius 3 is 2.52 bits per heavy atom. The number of nitrogens with one attached hydrogen (secondary N) is 1. The van der Waals surface area contributed by atoms with Crippen molar-refractivity contribution in [2.24, 2.45) is 0 Å². The highest BCUT2D eigenvalue weighted by molar-refractivity contribution is 5.48. The Morgan fingerprint density at radius 1 is 0.960 bits per heavy atom. The van der Waals surface area contributed by atoms with Crippen LogP contribution in [0.5, 0.6) is 11.5 Å². The summed E-state index contributed by atoms with van der Waals surface area (Å²) in [6.45, 7) is 10.0. The largest absolute Gasteiger partial charge is 0.491 e.